The molecule has 39 heavy (non-hydrogen) atoms. The fourth-order valence-corrected chi connectivity index (χ4v) is 5.29. The molecule has 3 rings (SSSR count). The third-order valence-electron chi connectivity index (χ3n) is 7.60. The van der Waals surface area contributed by atoms with Crippen molar-refractivity contribution in [3.8, 4) is 22.3 Å². The zero-order valence-corrected chi connectivity index (χ0v) is 31.1. The molecule has 0 aliphatic heterocycles. The molecular formula is C36H49Cl2In-2. The fourth-order valence-electron chi connectivity index (χ4n) is 5.29. The molecule has 0 saturated carbocycles. The first kappa shape index (κ1) is 38.1. The largest absolute Gasteiger partial charge is 1.00 e. The Hall–Kier alpha value is -0.890. The third-order valence-corrected chi connectivity index (χ3v) is 7.60. The van der Waals surface area contributed by atoms with Crippen LogP contribution in [0, 0.1) is 6.07 Å². The molecule has 3 aromatic carbocycles. The van der Waals surface area contributed by atoms with Crippen LogP contribution in [0.4, 0.5) is 0 Å². The molecule has 0 atom stereocenters. The van der Waals surface area contributed by atoms with E-state index in [-0.39, 0.29) is 50.7 Å². The second-order valence-electron chi connectivity index (χ2n) is 12.6. The van der Waals surface area contributed by atoms with Gasteiger partial charge in [-0.25, -0.2) is 0 Å². The van der Waals surface area contributed by atoms with Crippen LogP contribution in [0.15, 0.2) is 42.5 Å². The molecule has 212 valence electrons. The molecule has 0 amide bonds. The summed E-state index contributed by atoms with van der Waals surface area (Å²) < 4.78 is 0. The summed E-state index contributed by atoms with van der Waals surface area (Å²) in [5.41, 5.74) is 13.9. The van der Waals surface area contributed by atoms with Crippen molar-refractivity contribution in [1.82, 2.24) is 0 Å². The fraction of sp³-hybridized carbons (Fsp3) is 0.500. The van der Waals surface area contributed by atoms with Crippen molar-refractivity contribution in [2.45, 2.75) is 119 Å². The molecule has 0 heterocycles. The molecule has 0 fully saturated rings. The minimum absolute atomic E-state index is 0. The average molecular weight is 668 g/mol. The number of rotatable bonds is 8. The van der Waals surface area contributed by atoms with Gasteiger partial charge in [0.1, 0.15) is 0 Å². The van der Waals surface area contributed by atoms with Gasteiger partial charge in [0.25, 0.3) is 0 Å². The monoisotopic (exact) mass is 666 g/mol. The normalized spacial score (nSPS) is 11.3. The maximum atomic E-state index is 3.96. The number of halogens is 2. The van der Waals surface area contributed by atoms with E-state index in [9.17, 15) is 0 Å². The van der Waals surface area contributed by atoms with E-state index in [1.54, 1.807) is 0 Å². The zero-order valence-electron chi connectivity index (χ0n) is 26.3. The average Bonchev–Trinajstić information content (AvgIpc) is 2.81. The van der Waals surface area contributed by atoms with E-state index in [4.69, 9.17) is 0 Å². The van der Waals surface area contributed by atoms with Gasteiger partial charge in [-0.15, -0.1) is 0 Å². The van der Waals surface area contributed by atoms with Crippen LogP contribution in [0.25, 0.3) is 22.3 Å². The Bertz CT molecular complexity index is 1050. The Morgan fingerprint density at radius 2 is 0.692 bits per heavy atom. The quantitative estimate of drug-likeness (QED) is 0.311. The van der Waals surface area contributed by atoms with Crippen molar-refractivity contribution in [2.24, 2.45) is 0 Å². The van der Waals surface area contributed by atoms with Crippen molar-refractivity contribution >= 4 is 25.8 Å². The molecule has 0 aliphatic carbocycles. The van der Waals surface area contributed by atoms with Crippen LogP contribution in [0.3, 0.4) is 0 Å². The van der Waals surface area contributed by atoms with Gasteiger partial charge < -0.3 is 24.8 Å². The van der Waals surface area contributed by atoms with Crippen molar-refractivity contribution in [3.05, 3.63) is 81.9 Å². The van der Waals surface area contributed by atoms with Gasteiger partial charge in [-0.1, -0.05) is 126 Å². The summed E-state index contributed by atoms with van der Waals surface area (Å²) in [6, 6.07) is 20.6. The molecule has 0 nitrogen and oxygen atoms in total. The standard InChI is InChI=1S/C36H49.2ClH.In/c1-21(2)29-17-31(23(5)6)35(32(18-29)24(7)8)27-14-13-15-28(16-27)36-33(25(9)10)19-30(22(3)4)20-34(36)26(11)12;;;/h13-15,17-26H,1-12H3;2*1H;/p-2. The Morgan fingerprint density at radius 3 is 0.897 bits per heavy atom. The maximum absolute atomic E-state index is 3.96. The van der Waals surface area contributed by atoms with Gasteiger partial charge in [-0.2, -0.15) is 0 Å². The Labute approximate surface area is 271 Å². The molecule has 0 aliphatic rings. The van der Waals surface area contributed by atoms with E-state index < -0.39 is 0 Å². The van der Waals surface area contributed by atoms with Gasteiger partial charge in [0.05, 0.1) is 0 Å². The first-order chi connectivity index (χ1) is 16.8. The van der Waals surface area contributed by atoms with E-state index >= 15 is 0 Å². The molecule has 0 bridgehead atoms. The third kappa shape index (κ3) is 8.56. The Morgan fingerprint density at radius 1 is 0.436 bits per heavy atom. The maximum Gasteiger partial charge on any atom is 0 e. The molecular weight excluding hydrogens is 618 g/mol. The van der Waals surface area contributed by atoms with Gasteiger partial charge in [0, 0.05) is 25.8 Å². The van der Waals surface area contributed by atoms with Crippen LogP contribution in [0.2, 0.25) is 0 Å². The van der Waals surface area contributed by atoms with Crippen LogP contribution in [0.5, 0.6) is 0 Å². The van der Waals surface area contributed by atoms with Crippen LogP contribution < -0.4 is 24.8 Å². The van der Waals surface area contributed by atoms with Gasteiger partial charge in [0.15, 0.2) is 0 Å². The summed E-state index contributed by atoms with van der Waals surface area (Å²) in [4.78, 5) is 0. The zero-order chi connectivity index (χ0) is 26.9. The second-order valence-corrected chi connectivity index (χ2v) is 12.6. The first-order valence-electron chi connectivity index (χ1n) is 14.2. The van der Waals surface area contributed by atoms with Crippen LogP contribution in [-0.4, -0.2) is 25.8 Å². The predicted molar refractivity (Wildman–Crippen MR) is 166 cm³/mol. The van der Waals surface area contributed by atoms with E-state index in [0.29, 0.717) is 35.5 Å². The Kier molecular flexibility index (Phi) is 15.6. The Balaban J connectivity index is 0.00000481. The van der Waals surface area contributed by atoms with Crippen molar-refractivity contribution in [1.29, 1.82) is 0 Å². The summed E-state index contributed by atoms with van der Waals surface area (Å²) >= 11 is 0. The molecule has 3 heteroatoms. The summed E-state index contributed by atoms with van der Waals surface area (Å²) in [6.07, 6.45) is 0. The van der Waals surface area contributed by atoms with Gasteiger partial charge in [0.2, 0.25) is 0 Å². The van der Waals surface area contributed by atoms with Gasteiger partial charge in [-0.3, -0.25) is 0 Å². The predicted octanol–water partition coefficient (Wildman–Crippen LogP) is 5.19. The summed E-state index contributed by atoms with van der Waals surface area (Å²) in [7, 11) is 0. The van der Waals surface area contributed by atoms with E-state index in [2.05, 4.69) is 132 Å². The number of hydrogen-bond acceptors (Lipinski definition) is 0. The number of benzene rings is 3. The second kappa shape index (κ2) is 15.9. The topological polar surface area (TPSA) is 0 Å². The van der Waals surface area contributed by atoms with Crippen LogP contribution in [-0.2, 0) is 0 Å². The molecule has 0 unspecified atom stereocenters. The minimum Gasteiger partial charge on any atom is -1.00 e. The molecule has 0 aromatic heterocycles. The van der Waals surface area contributed by atoms with Gasteiger partial charge in [-0.05, 0) is 97.2 Å². The summed E-state index contributed by atoms with van der Waals surface area (Å²) in [5.74, 6) is 2.86. The van der Waals surface area contributed by atoms with E-state index in [0.717, 1.165) is 0 Å². The molecule has 3 aromatic rings. The smallest absolute Gasteiger partial charge is 0 e. The van der Waals surface area contributed by atoms with Crippen LogP contribution in [0.1, 0.15) is 152 Å². The molecule has 4 radical (unpaired) electrons. The SMILES string of the molecule is CC(C)c1cc(C(C)C)c(-c2[c]c(-c3c(C(C)C)cc(C(C)C)cc3C(C)C)ccc2)c(C(C)C)c1.[Cl-].[Cl-].[In]. The summed E-state index contributed by atoms with van der Waals surface area (Å²) in [6.45, 7) is 27.8. The van der Waals surface area contributed by atoms with E-state index in [1.807, 2.05) is 0 Å². The molecule has 0 spiro atoms. The van der Waals surface area contributed by atoms with E-state index in [1.165, 1.54) is 55.6 Å². The number of hydrogen-bond donors (Lipinski definition) is 0. The van der Waals surface area contributed by atoms with Crippen molar-refractivity contribution in [2.75, 3.05) is 0 Å². The first-order valence-corrected chi connectivity index (χ1v) is 14.2. The molecule has 0 N–H and O–H groups in total. The minimum atomic E-state index is 0. The van der Waals surface area contributed by atoms with Crippen molar-refractivity contribution < 1.29 is 24.8 Å². The van der Waals surface area contributed by atoms with Gasteiger partial charge >= 0.3 is 0 Å². The summed E-state index contributed by atoms with van der Waals surface area (Å²) in [5, 5.41) is 0. The van der Waals surface area contributed by atoms with Crippen molar-refractivity contribution in [3.63, 3.8) is 0 Å². The van der Waals surface area contributed by atoms with Crippen LogP contribution >= 0.6 is 0 Å². The molecule has 0 saturated heterocycles.